The van der Waals surface area contributed by atoms with Crippen LogP contribution in [-0.4, -0.2) is 18.8 Å². The van der Waals surface area contributed by atoms with Crippen LogP contribution in [-0.2, 0) is 16.1 Å². The van der Waals surface area contributed by atoms with Crippen molar-refractivity contribution >= 4 is 15.9 Å². The van der Waals surface area contributed by atoms with Crippen molar-refractivity contribution in [3.8, 4) is 0 Å². The Labute approximate surface area is 110 Å². The van der Waals surface area contributed by atoms with Crippen LogP contribution in [0.5, 0.6) is 0 Å². The van der Waals surface area contributed by atoms with Gasteiger partial charge in [0.25, 0.3) is 0 Å². The van der Waals surface area contributed by atoms with Crippen LogP contribution in [0, 0.1) is 5.82 Å². The van der Waals surface area contributed by atoms with Gasteiger partial charge in [-0.1, -0.05) is 22.0 Å². The lowest BCUT2D eigenvalue weighted by molar-refractivity contribution is -0.0379. The van der Waals surface area contributed by atoms with Crippen molar-refractivity contribution in [1.29, 1.82) is 0 Å². The highest BCUT2D eigenvalue weighted by atomic mass is 79.9. The van der Waals surface area contributed by atoms with Gasteiger partial charge in [-0.3, -0.25) is 0 Å². The summed E-state index contributed by atoms with van der Waals surface area (Å²) >= 11 is 3.21. The Kier molecular flexibility index (Phi) is 5.56. The maximum Gasteiger partial charge on any atom is 0.129 e. The molecule has 0 aromatic heterocycles. The highest BCUT2D eigenvalue weighted by Gasteiger charge is 2.09. The lowest BCUT2D eigenvalue weighted by Gasteiger charge is -2.19. The van der Waals surface area contributed by atoms with Gasteiger partial charge < -0.3 is 9.47 Å². The Morgan fingerprint density at radius 1 is 1.24 bits per heavy atom. The molecule has 0 radical (unpaired) electrons. The summed E-state index contributed by atoms with van der Waals surface area (Å²) in [6.45, 7) is 7.21. The molecule has 0 heterocycles. The summed E-state index contributed by atoms with van der Waals surface area (Å²) in [4.78, 5) is 0. The highest BCUT2D eigenvalue weighted by molar-refractivity contribution is 9.10. The molecule has 0 spiro atoms. The minimum atomic E-state index is -0.254. The molecule has 0 fully saturated rings. The van der Waals surface area contributed by atoms with Gasteiger partial charge in [0.05, 0.1) is 25.4 Å². The topological polar surface area (TPSA) is 18.5 Å². The molecule has 96 valence electrons. The fourth-order valence-electron chi connectivity index (χ4n) is 1.23. The van der Waals surface area contributed by atoms with Gasteiger partial charge in [0.2, 0.25) is 0 Å². The van der Waals surface area contributed by atoms with Crippen LogP contribution in [0.1, 0.15) is 26.3 Å². The van der Waals surface area contributed by atoms with Crippen LogP contribution in [0.15, 0.2) is 22.7 Å². The summed E-state index contributed by atoms with van der Waals surface area (Å²) < 4.78 is 25.0. The SMILES string of the molecule is CC(C)(C)OCCOCc1ccc(Br)cc1F. The molecule has 0 atom stereocenters. The van der Waals surface area contributed by atoms with Gasteiger partial charge in [0, 0.05) is 10.0 Å². The smallest absolute Gasteiger partial charge is 0.129 e. The van der Waals surface area contributed by atoms with E-state index >= 15 is 0 Å². The molecular weight excluding hydrogens is 287 g/mol. The molecule has 0 aliphatic heterocycles. The molecule has 0 bridgehead atoms. The second-order valence-electron chi connectivity index (χ2n) is 4.75. The van der Waals surface area contributed by atoms with Crippen LogP contribution >= 0.6 is 15.9 Å². The van der Waals surface area contributed by atoms with Crippen molar-refractivity contribution in [2.24, 2.45) is 0 Å². The molecule has 0 unspecified atom stereocenters. The Balaban J connectivity index is 2.27. The molecule has 0 aliphatic rings. The number of benzene rings is 1. The minimum Gasteiger partial charge on any atom is -0.374 e. The van der Waals surface area contributed by atoms with Gasteiger partial charge in [-0.2, -0.15) is 0 Å². The summed E-state index contributed by atoms with van der Waals surface area (Å²) in [5.74, 6) is -0.254. The predicted octanol–water partition coefficient (Wildman–Crippen LogP) is 3.92. The van der Waals surface area contributed by atoms with Crippen molar-refractivity contribution in [2.75, 3.05) is 13.2 Å². The maximum absolute atomic E-state index is 13.4. The van der Waals surface area contributed by atoms with Gasteiger partial charge in [-0.05, 0) is 32.9 Å². The lowest BCUT2D eigenvalue weighted by Crippen LogP contribution is -2.21. The molecule has 0 aliphatic carbocycles. The zero-order valence-corrected chi connectivity index (χ0v) is 12.0. The van der Waals surface area contributed by atoms with E-state index in [-0.39, 0.29) is 18.0 Å². The molecule has 17 heavy (non-hydrogen) atoms. The average Bonchev–Trinajstić information content (AvgIpc) is 2.18. The molecule has 0 saturated carbocycles. The van der Waals surface area contributed by atoms with E-state index in [0.29, 0.717) is 18.8 Å². The van der Waals surface area contributed by atoms with E-state index < -0.39 is 0 Å². The van der Waals surface area contributed by atoms with Gasteiger partial charge in [-0.15, -0.1) is 0 Å². The van der Waals surface area contributed by atoms with Gasteiger partial charge in [-0.25, -0.2) is 4.39 Å². The van der Waals surface area contributed by atoms with Crippen LogP contribution in [0.2, 0.25) is 0 Å². The third kappa shape index (κ3) is 6.15. The lowest BCUT2D eigenvalue weighted by atomic mass is 10.2. The van der Waals surface area contributed by atoms with Crippen molar-refractivity contribution in [1.82, 2.24) is 0 Å². The predicted molar refractivity (Wildman–Crippen MR) is 69.5 cm³/mol. The van der Waals surface area contributed by atoms with Crippen molar-refractivity contribution in [3.05, 3.63) is 34.1 Å². The summed E-state index contributed by atoms with van der Waals surface area (Å²) in [6.07, 6.45) is 0. The first-order valence-corrected chi connectivity index (χ1v) is 6.33. The quantitative estimate of drug-likeness (QED) is 0.768. The molecule has 1 aromatic carbocycles. The van der Waals surface area contributed by atoms with Gasteiger partial charge in [0.1, 0.15) is 5.82 Å². The second kappa shape index (κ2) is 6.47. The van der Waals surface area contributed by atoms with E-state index in [4.69, 9.17) is 9.47 Å². The molecule has 0 N–H and O–H groups in total. The van der Waals surface area contributed by atoms with Crippen LogP contribution in [0.25, 0.3) is 0 Å². The van der Waals surface area contributed by atoms with Crippen LogP contribution < -0.4 is 0 Å². The van der Waals surface area contributed by atoms with E-state index in [2.05, 4.69) is 15.9 Å². The van der Waals surface area contributed by atoms with Gasteiger partial charge >= 0.3 is 0 Å². The molecule has 0 amide bonds. The molecule has 1 aromatic rings. The van der Waals surface area contributed by atoms with Crippen molar-refractivity contribution in [3.63, 3.8) is 0 Å². The van der Waals surface area contributed by atoms with Crippen LogP contribution in [0.4, 0.5) is 4.39 Å². The number of ether oxygens (including phenoxy) is 2. The highest BCUT2D eigenvalue weighted by Crippen LogP contribution is 2.16. The zero-order chi connectivity index (χ0) is 12.9. The van der Waals surface area contributed by atoms with E-state index in [1.54, 1.807) is 12.1 Å². The van der Waals surface area contributed by atoms with E-state index in [9.17, 15) is 4.39 Å². The fraction of sp³-hybridized carbons (Fsp3) is 0.538. The normalized spacial score (nSPS) is 11.8. The largest absolute Gasteiger partial charge is 0.374 e. The average molecular weight is 305 g/mol. The minimum absolute atomic E-state index is 0.160. The number of hydrogen-bond acceptors (Lipinski definition) is 2. The third-order valence-corrected chi connectivity index (χ3v) is 2.53. The maximum atomic E-state index is 13.4. The summed E-state index contributed by atoms with van der Waals surface area (Å²) in [6, 6.07) is 4.95. The van der Waals surface area contributed by atoms with E-state index in [1.807, 2.05) is 20.8 Å². The molecule has 1 rings (SSSR count). The standard InChI is InChI=1S/C13H18BrFO2/c1-13(2,3)17-7-6-16-9-10-4-5-11(14)8-12(10)15/h4-5,8H,6-7,9H2,1-3H3. The molecular formula is C13H18BrFO2. The van der Waals surface area contributed by atoms with Gasteiger partial charge in [0.15, 0.2) is 0 Å². The Morgan fingerprint density at radius 2 is 1.94 bits per heavy atom. The van der Waals surface area contributed by atoms with E-state index in [0.717, 1.165) is 4.47 Å². The Hall–Kier alpha value is -0.450. The fourth-order valence-corrected chi connectivity index (χ4v) is 1.56. The Bertz CT molecular complexity index is 361. The first-order valence-electron chi connectivity index (χ1n) is 5.54. The molecule has 4 heteroatoms. The number of hydrogen-bond donors (Lipinski definition) is 0. The third-order valence-electron chi connectivity index (χ3n) is 2.04. The van der Waals surface area contributed by atoms with Crippen molar-refractivity contribution < 1.29 is 13.9 Å². The monoisotopic (exact) mass is 304 g/mol. The first kappa shape index (κ1) is 14.6. The summed E-state index contributed by atoms with van der Waals surface area (Å²) in [5, 5.41) is 0. The number of rotatable bonds is 5. The Morgan fingerprint density at radius 3 is 2.53 bits per heavy atom. The summed E-state index contributed by atoms with van der Waals surface area (Å²) in [5.41, 5.74) is 0.399. The van der Waals surface area contributed by atoms with Crippen LogP contribution in [0.3, 0.4) is 0 Å². The second-order valence-corrected chi connectivity index (χ2v) is 5.66. The number of halogens is 2. The van der Waals surface area contributed by atoms with Crippen molar-refractivity contribution in [2.45, 2.75) is 33.0 Å². The summed E-state index contributed by atoms with van der Waals surface area (Å²) in [7, 11) is 0. The first-order chi connectivity index (χ1) is 7.88. The molecule has 2 nitrogen and oxygen atoms in total. The zero-order valence-electron chi connectivity index (χ0n) is 10.4. The molecule has 0 saturated heterocycles. The van der Waals surface area contributed by atoms with E-state index in [1.165, 1.54) is 6.07 Å².